The van der Waals surface area contributed by atoms with Crippen molar-refractivity contribution in [2.45, 2.75) is 26.3 Å². The second-order valence-corrected chi connectivity index (χ2v) is 6.91. The Morgan fingerprint density at radius 2 is 1.72 bits per heavy atom. The topological polar surface area (TPSA) is 44.4 Å². The molecule has 0 saturated carbocycles. The van der Waals surface area contributed by atoms with E-state index in [-0.39, 0.29) is 6.03 Å². The first-order chi connectivity index (χ1) is 12.2. The normalized spacial score (nSPS) is 15.7. The van der Waals surface area contributed by atoms with Crippen molar-refractivity contribution in [1.29, 1.82) is 0 Å². The molecule has 2 amide bonds. The fraction of sp³-hybridized carbons (Fsp3) is 0.381. The minimum absolute atomic E-state index is 0.115. The Bertz CT molecular complexity index is 661. The van der Waals surface area contributed by atoms with Crippen LogP contribution in [0.15, 0.2) is 54.6 Å². The number of likely N-dealkylation sites (tertiary alicyclic amines) is 1. The average molecular weight is 337 g/mol. The molecule has 0 bridgehead atoms. The van der Waals surface area contributed by atoms with Crippen molar-refractivity contribution in [1.82, 2.24) is 10.2 Å². The predicted octanol–water partition coefficient (Wildman–Crippen LogP) is 4.03. The van der Waals surface area contributed by atoms with E-state index in [1.807, 2.05) is 31.2 Å². The van der Waals surface area contributed by atoms with Crippen LogP contribution in [0.4, 0.5) is 10.5 Å². The zero-order chi connectivity index (χ0) is 17.5. The van der Waals surface area contributed by atoms with Gasteiger partial charge in [0.05, 0.1) is 0 Å². The highest BCUT2D eigenvalue weighted by Gasteiger charge is 2.19. The van der Waals surface area contributed by atoms with Gasteiger partial charge in [0.15, 0.2) is 0 Å². The van der Waals surface area contributed by atoms with Crippen molar-refractivity contribution in [3.8, 4) is 0 Å². The number of hydrogen-bond acceptors (Lipinski definition) is 2. The first kappa shape index (κ1) is 17.5. The molecule has 4 heteroatoms. The van der Waals surface area contributed by atoms with Crippen LogP contribution in [0.25, 0.3) is 0 Å². The van der Waals surface area contributed by atoms with Crippen LogP contribution in [0.3, 0.4) is 0 Å². The summed E-state index contributed by atoms with van der Waals surface area (Å²) in [6.07, 6.45) is 2.27. The summed E-state index contributed by atoms with van der Waals surface area (Å²) in [5.41, 5.74) is 3.39. The van der Waals surface area contributed by atoms with E-state index in [1.165, 1.54) is 11.1 Å². The molecule has 0 aromatic heterocycles. The van der Waals surface area contributed by atoms with Gasteiger partial charge in [-0.2, -0.15) is 0 Å². The maximum absolute atomic E-state index is 12.0. The Morgan fingerprint density at radius 1 is 1.04 bits per heavy atom. The summed E-state index contributed by atoms with van der Waals surface area (Å²) >= 11 is 0. The van der Waals surface area contributed by atoms with Crippen LogP contribution < -0.4 is 10.6 Å². The quantitative estimate of drug-likeness (QED) is 0.865. The minimum Gasteiger partial charge on any atom is -0.338 e. The molecule has 0 spiro atoms. The third kappa shape index (κ3) is 5.61. The monoisotopic (exact) mass is 337 g/mol. The van der Waals surface area contributed by atoms with Crippen molar-refractivity contribution in [3.63, 3.8) is 0 Å². The smallest absolute Gasteiger partial charge is 0.319 e. The summed E-state index contributed by atoms with van der Waals surface area (Å²) in [4.78, 5) is 14.5. The molecular formula is C21H27N3O. The number of anilines is 1. The number of rotatable bonds is 5. The summed E-state index contributed by atoms with van der Waals surface area (Å²) in [5, 5.41) is 5.90. The van der Waals surface area contributed by atoms with Crippen LogP contribution in [-0.2, 0) is 6.54 Å². The van der Waals surface area contributed by atoms with Gasteiger partial charge in [-0.05, 0) is 56.5 Å². The highest BCUT2D eigenvalue weighted by molar-refractivity contribution is 5.89. The SMILES string of the molecule is Cc1ccc(NC(=O)NCC2CCN(Cc3ccccc3)CC2)cc1. The number of hydrogen-bond donors (Lipinski definition) is 2. The first-order valence-electron chi connectivity index (χ1n) is 9.07. The number of amides is 2. The van der Waals surface area contributed by atoms with Crippen molar-refractivity contribution in [2.24, 2.45) is 5.92 Å². The summed E-state index contributed by atoms with van der Waals surface area (Å²) in [6, 6.07) is 18.4. The van der Waals surface area contributed by atoms with Gasteiger partial charge in [0.2, 0.25) is 0 Å². The second-order valence-electron chi connectivity index (χ2n) is 6.91. The Labute approximate surface area is 150 Å². The van der Waals surface area contributed by atoms with Crippen LogP contribution >= 0.6 is 0 Å². The van der Waals surface area contributed by atoms with E-state index >= 15 is 0 Å². The third-order valence-corrected chi connectivity index (χ3v) is 4.82. The van der Waals surface area contributed by atoms with Gasteiger partial charge >= 0.3 is 6.03 Å². The number of piperidine rings is 1. The van der Waals surface area contributed by atoms with Crippen molar-refractivity contribution in [3.05, 3.63) is 65.7 Å². The van der Waals surface area contributed by atoms with Crippen molar-refractivity contribution < 1.29 is 4.79 Å². The zero-order valence-electron chi connectivity index (χ0n) is 14.9. The van der Waals surface area contributed by atoms with E-state index in [2.05, 4.69) is 45.9 Å². The second kappa shape index (κ2) is 8.67. The van der Waals surface area contributed by atoms with Crippen LogP contribution in [0, 0.1) is 12.8 Å². The van der Waals surface area contributed by atoms with E-state index in [1.54, 1.807) is 0 Å². The molecule has 1 saturated heterocycles. The van der Waals surface area contributed by atoms with E-state index in [4.69, 9.17) is 0 Å². The van der Waals surface area contributed by atoms with Gasteiger partial charge in [0.1, 0.15) is 0 Å². The molecular weight excluding hydrogens is 310 g/mol. The summed E-state index contributed by atoms with van der Waals surface area (Å²) < 4.78 is 0. The molecule has 2 aromatic rings. The lowest BCUT2D eigenvalue weighted by Crippen LogP contribution is -2.39. The van der Waals surface area contributed by atoms with Crippen molar-refractivity contribution in [2.75, 3.05) is 25.0 Å². The molecule has 132 valence electrons. The van der Waals surface area contributed by atoms with Gasteiger partial charge < -0.3 is 10.6 Å². The maximum atomic E-state index is 12.0. The van der Waals surface area contributed by atoms with E-state index in [0.29, 0.717) is 5.92 Å². The molecule has 0 atom stereocenters. The minimum atomic E-state index is -0.115. The molecule has 2 N–H and O–H groups in total. The molecule has 1 aliphatic rings. The number of nitrogens with one attached hydrogen (secondary N) is 2. The fourth-order valence-electron chi connectivity index (χ4n) is 3.24. The van der Waals surface area contributed by atoms with E-state index in [9.17, 15) is 4.79 Å². The number of aryl methyl sites for hydroxylation is 1. The maximum Gasteiger partial charge on any atom is 0.319 e. The van der Waals surface area contributed by atoms with Gasteiger partial charge in [-0.15, -0.1) is 0 Å². The van der Waals surface area contributed by atoms with Gasteiger partial charge in [0.25, 0.3) is 0 Å². The lowest BCUT2D eigenvalue weighted by Gasteiger charge is -2.32. The molecule has 4 nitrogen and oxygen atoms in total. The van der Waals surface area contributed by atoms with Crippen LogP contribution in [-0.4, -0.2) is 30.6 Å². The molecule has 3 rings (SSSR count). The summed E-state index contributed by atoms with van der Waals surface area (Å²) in [6.45, 7) is 6.00. The van der Waals surface area contributed by atoms with Crippen LogP contribution in [0.2, 0.25) is 0 Å². The molecule has 0 aliphatic carbocycles. The van der Waals surface area contributed by atoms with Crippen molar-refractivity contribution >= 4 is 11.7 Å². The number of carbonyl (C=O) groups is 1. The standard InChI is InChI=1S/C21H27N3O/c1-17-7-9-20(10-8-17)23-21(25)22-15-18-11-13-24(14-12-18)16-19-5-3-2-4-6-19/h2-10,18H,11-16H2,1H3,(H2,22,23,25). The summed E-state index contributed by atoms with van der Waals surface area (Å²) in [5.74, 6) is 0.566. The Balaban J connectivity index is 1.36. The molecule has 1 fully saturated rings. The molecule has 0 radical (unpaired) electrons. The van der Waals surface area contributed by atoms with Gasteiger partial charge in [-0.1, -0.05) is 48.0 Å². The molecule has 2 aromatic carbocycles. The highest BCUT2D eigenvalue weighted by Crippen LogP contribution is 2.18. The lowest BCUT2D eigenvalue weighted by atomic mass is 9.96. The summed E-state index contributed by atoms with van der Waals surface area (Å²) in [7, 11) is 0. The Kier molecular flexibility index (Phi) is 6.07. The highest BCUT2D eigenvalue weighted by atomic mass is 16.2. The number of urea groups is 1. The number of carbonyl (C=O) groups excluding carboxylic acids is 1. The number of nitrogens with zero attached hydrogens (tertiary/aromatic N) is 1. The molecule has 25 heavy (non-hydrogen) atoms. The zero-order valence-corrected chi connectivity index (χ0v) is 14.9. The predicted molar refractivity (Wildman–Crippen MR) is 103 cm³/mol. The first-order valence-corrected chi connectivity index (χ1v) is 9.07. The average Bonchev–Trinajstić information content (AvgIpc) is 2.64. The molecule has 1 heterocycles. The van der Waals surface area contributed by atoms with Gasteiger partial charge in [-0.3, -0.25) is 4.90 Å². The Morgan fingerprint density at radius 3 is 2.40 bits per heavy atom. The molecule has 0 unspecified atom stereocenters. The lowest BCUT2D eigenvalue weighted by molar-refractivity contribution is 0.175. The van der Waals surface area contributed by atoms with Crippen LogP contribution in [0.5, 0.6) is 0 Å². The van der Waals surface area contributed by atoms with Gasteiger partial charge in [0, 0.05) is 18.8 Å². The van der Waals surface area contributed by atoms with E-state index in [0.717, 1.165) is 44.7 Å². The molecule has 1 aliphatic heterocycles. The largest absolute Gasteiger partial charge is 0.338 e. The number of benzene rings is 2. The Hall–Kier alpha value is -2.33. The fourth-order valence-corrected chi connectivity index (χ4v) is 3.24. The van der Waals surface area contributed by atoms with Crippen LogP contribution in [0.1, 0.15) is 24.0 Å². The van der Waals surface area contributed by atoms with Gasteiger partial charge in [-0.25, -0.2) is 4.79 Å². The van der Waals surface area contributed by atoms with E-state index < -0.39 is 0 Å². The third-order valence-electron chi connectivity index (χ3n) is 4.82.